The Bertz CT molecular complexity index is 1120. The molecule has 152 valence electrons. The van der Waals surface area contributed by atoms with Crippen molar-refractivity contribution in [2.45, 2.75) is 51.0 Å². The van der Waals surface area contributed by atoms with Crippen LogP contribution in [-0.2, 0) is 29.4 Å². The second kappa shape index (κ2) is 8.08. The summed E-state index contributed by atoms with van der Waals surface area (Å²) in [5, 5.41) is 4.80. The van der Waals surface area contributed by atoms with Gasteiger partial charge in [-0.1, -0.05) is 23.8 Å². The third-order valence-corrected chi connectivity index (χ3v) is 7.02. The van der Waals surface area contributed by atoms with Gasteiger partial charge in [0.05, 0.1) is 17.1 Å². The summed E-state index contributed by atoms with van der Waals surface area (Å²) in [5.74, 6) is 0. The van der Waals surface area contributed by atoms with E-state index in [4.69, 9.17) is 5.10 Å². The Morgan fingerprint density at radius 3 is 2.69 bits per heavy atom. The molecular formula is C22H26N4O2S. The van der Waals surface area contributed by atoms with Gasteiger partial charge < -0.3 is 0 Å². The second-order valence-electron chi connectivity index (χ2n) is 7.59. The summed E-state index contributed by atoms with van der Waals surface area (Å²) in [6.07, 6.45) is 6.03. The normalized spacial score (nSPS) is 14.0. The monoisotopic (exact) mass is 410 g/mol. The summed E-state index contributed by atoms with van der Waals surface area (Å²) in [6, 6.07) is 11.2. The van der Waals surface area contributed by atoms with Crippen molar-refractivity contribution < 1.29 is 8.42 Å². The maximum absolute atomic E-state index is 12.7. The fraction of sp³-hybridized carbons (Fsp3) is 0.364. The Morgan fingerprint density at radius 2 is 1.93 bits per heavy atom. The number of rotatable bonds is 6. The first-order valence-corrected chi connectivity index (χ1v) is 11.5. The van der Waals surface area contributed by atoms with Gasteiger partial charge in [0, 0.05) is 24.0 Å². The Balaban J connectivity index is 1.54. The molecule has 0 atom stereocenters. The van der Waals surface area contributed by atoms with Crippen LogP contribution in [0.1, 0.15) is 35.2 Å². The maximum atomic E-state index is 12.7. The van der Waals surface area contributed by atoms with Crippen LogP contribution in [0, 0.1) is 13.8 Å². The molecular weight excluding hydrogens is 384 g/mol. The minimum absolute atomic E-state index is 0.297. The van der Waals surface area contributed by atoms with Crippen molar-refractivity contribution in [1.29, 1.82) is 0 Å². The third-order valence-electron chi connectivity index (χ3n) is 5.40. The van der Waals surface area contributed by atoms with Crippen molar-refractivity contribution in [3.05, 3.63) is 65.0 Å². The Labute approximate surface area is 172 Å². The molecule has 2 heterocycles. The van der Waals surface area contributed by atoms with Crippen molar-refractivity contribution in [1.82, 2.24) is 19.5 Å². The minimum atomic E-state index is -3.55. The van der Waals surface area contributed by atoms with Crippen LogP contribution in [0.2, 0.25) is 0 Å². The summed E-state index contributed by atoms with van der Waals surface area (Å²) in [6.45, 7) is 4.58. The first-order valence-electron chi connectivity index (χ1n) is 10.0. The standard InChI is InChI=1S/C22H26N4O2S/c1-16-10-11-21(17(2)15-16)29(27,28)24-13-14-26-20-9-4-3-7-18(20)22(25-26)19-8-5-6-12-23-19/h5-6,8,10-12,15,24H,3-4,7,9,13-14H2,1-2H3. The van der Waals surface area contributed by atoms with Crippen molar-refractivity contribution in [3.63, 3.8) is 0 Å². The largest absolute Gasteiger partial charge is 0.267 e. The number of nitrogens with zero attached hydrogens (tertiary/aromatic N) is 3. The quantitative estimate of drug-likeness (QED) is 0.676. The molecule has 7 heteroatoms. The van der Waals surface area contributed by atoms with Crippen LogP contribution in [0.5, 0.6) is 0 Å². The van der Waals surface area contributed by atoms with Crippen molar-refractivity contribution in [2.75, 3.05) is 6.54 Å². The summed E-state index contributed by atoms with van der Waals surface area (Å²) < 4.78 is 30.1. The number of nitrogens with one attached hydrogen (secondary N) is 1. The van der Waals surface area contributed by atoms with Crippen molar-refractivity contribution >= 4 is 10.0 Å². The molecule has 6 nitrogen and oxygen atoms in total. The van der Waals surface area contributed by atoms with Crippen molar-refractivity contribution in [2.24, 2.45) is 0 Å². The number of pyridine rings is 1. The van der Waals surface area contributed by atoms with Crippen LogP contribution in [0.15, 0.2) is 47.5 Å². The lowest BCUT2D eigenvalue weighted by Crippen LogP contribution is -2.29. The summed E-state index contributed by atoms with van der Waals surface area (Å²) in [5.41, 5.74) is 6.07. The highest BCUT2D eigenvalue weighted by atomic mass is 32.2. The zero-order valence-electron chi connectivity index (χ0n) is 16.9. The summed E-state index contributed by atoms with van der Waals surface area (Å²) in [4.78, 5) is 4.79. The van der Waals surface area contributed by atoms with Crippen LogP contribution in [0.3, 0.4) is 0 Å². The highest BCUT2D eigenvalue weighted by Gasteiger charge is 2.23. The van der Waals surface area contributed by atoms with E-state index in [1.54, 1.807) is 12.3 Å². The molecule has 0 aliphatic heterocycles. The fourth-order valence-electron chi connectivity index (χ4n) is 4.03. The van der Waals surface area contributed by atoms with Crippen LogP contribution in [0.25, 0.3) is 11.4 Å². The average Bonchev–Trinajstić information content (AvgIpc) is 3.07. The van der Waals surface area contributed by atoms with Gasteiger partial charge in [0.2, 0.25) is 10.0 Å². The van der Waals surface area contributed by atoms with E-state index in [1.165, 1.54) is 11.3 Å². The lowest BCUT2D eigenvalue weighted by molar-refractivity contribution is 0.538. The van der Waals surface area contributed by atoms with E-state index in [0.29, 0.717) is 18.0 Å². The molecule has 1 aromatic carbocycles. The molecule has 1 aliphatic rings. The van der Waals surface area contributed by atoms with Crippen LogP contribution in [0.4, 0.5) is 0 Å². The molecule has 0 bridgehead atoms. The van der Waals surface area contributed by atoms with E-state index >= 15 is 0 Å². The zero-order valence-corrected chi connectivity index (χ0v) is 17.7. The van der Waals surface area contributed by atoms with Crippen molar-refractivity contribution in [3.8, 4) is 11.4 Å². The minimum Gasteiger partial charge on any atom is -0.267 e. The van der Waals surface area contributed by atoms with Crippen LogP contribution in [-0.4, -0.2) is 29.7 Å². The molecule has 0 fully saturated rings. The fourth-order valence-corrected chi connectivity index (χ4v) is 5.27. The van der Waals surface area contributed by atoms with Gasteiger partial charge in [0.25, 0.3) is 0 Å². The molecule has 3 aromatic rings. The third kappa shape index (κ3) is 4.11. The van der Waals surface area contributed by atoms with Crippen LogP contribution < -0.4 is 4.72 Å². The number of fused-ring (bicyclic) bond motifs is 1. The number of sulfonamides is 1. The molecule has 2 aromatic heterocycles. The topological polar surface area (TPSA) is 76.9 Å². The molecule has 4 rings (SSSR count). The first-order chi connectivity index (χ1) is 14.0. The van der Waals surface area contributed by atoms with E-state index in [0.717, 1.165) is 48.2 Å². The number of hydrogen-bond donors (Lipinski definition) is 1. The predicted octanol–water partition coefficient (Wildman–Crippen LogP) is 3.42. The van der Waals surface area contributed by atoms with Gasteiger partial charge in [-0.2, -0.15) is 5.10 Å². The van der Waals surface area contributed by atoms with Gasteiger partial charge in [-0.05, 0) is 63.3 Å². The Kier molecular flexibility index (Phi) is 5.52. The first kappa shape index (κ1) is 19.8. The number of hydrogen-bond acceptors (Lipinski definition) is 4. The van der Waals surface area contributed by atoms with E-state index < -0.39 is 10.0 Å². The SMILES string of the molecule is Cc1ccc(S(=O)(=O)NCCn2nc(-c3ccccn3)c3c2CCCC3)c(C)c1. The molecule has 0 saturated heterocycles. The number of aryl methyl sites for hydroxylation is 2. The molecule has 0 saturated carbocycles. The Hall–Kier alpha value is -2.51. The molecule has 1 aliphatic carbocycles. The van der Waals surface area contributed by atoms with Gasteiger partial charge in [-0.3, -0.25) is 9.67 Å². The number of benzene rings is 1. The summed E-state index contributed by atoms with van der Waals surface area (Å²) >= 11 is 0. The lowest BCUT2D eigenvalue weighted by Gasteiger charge is -2.15. The molecule has 0 unspecified atom stereocenters. The smallest absolute Gasteiger partial charge is 0.240 e. The lowest BCUT2D eigenvalue weighted by atomic mass is 9.95. The molecule has 0 spiro atoms. The molecule has 1 N–H and O–H groups in total. The average molecular weight is 411 g/mol. The van der Waals surface area contributed by atoms with Gasteiger partial charge >= 0.3 is 0 Å². The molecule has 0 amide bonds. The van der Waals surface area contributed by atoms with Crippen LogP contribution >= 0.6 is 0 Å². The highest BCUT2D eigenvalue weighted by Crippen LogP contribution is 2.30. The Morgan fingerprint density at radius 1 is 1.10 bits per heavy atom. The predicted molar refractivity (Wildman–Crippen MR) is 113 cm³/mol. The summed E-state index contributed by atoms with van der Waals surface area (Å²) in [7, 11) is -3.55. The molecule has 29 heavy (non-hydrogen) atoms. The van der Waals surface area contributed by atoms with E-state index in [1.807, 2.05) is 48.9 Å². The maximum Gasteiger partial charge on any atom is 0.240 e. The van der Waals surface area contributed by atoms with Gasteiger partial charge in [0.15, 0.2) is 0 Å². The highest BCUT2D eigenvalue weighted by molar-refractivity contribution is 7.89. The number of aromatic nitrogens is 3. The van der Waals surface area contributed by atoms with E-state index in [-0.39, 0.29) is 0 Å². The zero-order chi connectivity index (χ0) is 20.4. The van der Waals surface area contributed by atoms with E-state index in [2.05, 4.69) is 9.71 Å². The van der Waals surface area contributed by atoms with Gasteiger partial charge in [-0.25, -0.2) is 13.1 Å². The second-order valence-corrected chi connectivity index (χ2v) is 9.32. The van der Waals surface area contributed by atoms with Gasteiger partial charge in [-0.15, -0.1) is 0 Å². The van der Waals surface area contributed by atoms with Gasteiger partial charge in [0.1, 0.15) is 5.69 Å². The van der Waals surface area contributed by atoms with E-state index in [9.17, 15) is 8.42 Å². The molecule has 0 radical (unpaired) electrons.